The van der Waals surface area contributed by atoms with Crippen LogP contribution in [0.3, 0.4) is 0 Å². The number of amides is 1. The number of aldehydes is 1. The van der Waals surface area contributed by atoms with Crippen LogP contribution in [0.15, 0.2) is 34.5 Å². The molecule has 1 unspecified atom stereocenters. The van der Waals surface area contributed by atoms with Gasteiger partial charge in [0.05, 0.1) is 5.70 Å². The number of allylic oxidation sites excluding steroid dienone is 1. The van der Waals surface area contributed by atoms with Gasteiger partial charge in [-0.25, -0.2) is 0 Å². The van der Waals surface area contributed by atoms with E-state index < -0.39 is 0 Å². The smallest absolute Gasteiger partial charge is 0.217 e. The molecule has 0 radical (unpaired) electrons. The van der Waals surface area contributed by atoms with Gasteiger partial charge in [-0.1, -0.05) is 25.5 Å². The van der Waals surface area contributed by atoms with Crippen LogP contribution in [0.2, 0.25) is 0 Å². The third kappa shape index (κ3) is 10.1. The van der Waals surface area contributed by atoms with E-state index in [0.717, 1.165) is 54.8 Å². The summed E-state index contributed by atoms with van der Waals surface area (Å²) in [7, 11) is 1.93. The predicted molar refractivity (Wildman–Crippen MR) is 170 cm³/mol. The third-order valence-electron chi connectivity index (χ3n) is 7.28. The van der Waals surface area contributed by atoms with Crippen LogP contribution < -0.4 is 15.8 Å². The number of nitrogens with zero attached hydrogens (tertiary/aromatic N) is 2. The maximum absolute atomic E-state index is 10.9. The molecule has 1 aliphatic carbocycles. The van der Waals surface area contributed by atoms with Crippen LogP contribution >= 0.6 is 0 Å². The maximum atomic E-state index is 10.9. The minimum atomic E-state index is -0.268. The highest BCUT2D eigenvalue weighted by atomic mass is 16.5. The summed E-state index contributed by atoms with van der Waals surface area (Å²) in [6, 6.07) is 6.48. The number of ether oxygens (including phenoxy) is 1. The van der Waals surface area contributed by atoms with E-state index in [0.29, 0.717) is 18.8 Å². The minimum Gasteiger partial charge on any atom is -0.484 e. The van der Waals surface area contributed by atoms with Gasteiger partial charge in [0.25, 0.3) is 0 Å². The summed E-state index contributed by atoms with van der Waals surface area (Å²) in [4.78, 5) is 29.0. The lowest BCUT2D eigenvalue weighted by molar-refractivity contribution is -0.118. The van der Waals surface area contributed by atoms with Crippen molar-refractivity contribution in [1.82, 2.24) is 4.98 Å². The van der Waals surface area contributed by atoms with Crippen LogP contribution in [0.5, 0.6) is 5.75 Å². The molecule has 7 heteroatoms. The lowest BCUT2D eigenvalue weighted by atomic mass is 9.96. The summed E-state index contributed by atoms with van der Waals surface area (Å²) in [5.74, 6) is 1.39. The number of benzene rings is 1. The molecule has 1 aromatic heterocycles. The SMILES string of the molecule is CC=O.CCC=NC(=C(C)C)C1CCc2cc(C)c(C)cc2O1.CCc1c(NC)cc(CCC(N)=O)nc1C1CC1. The number of rotatable bonds is 9. The molecule has 0 saturated heterocycles. The van der Waals surface area contributed by atoms with E-state index in [1.807, 2.05) is 19.3 Å². The second kappa shape index (κ2) is 16.7. The van der Waals surface area contributed by atoms with E-state index in [9.17, 15) is 4.79 Å². The summed E-state index contributed by atoms with van der Waals surface area (Å²) in [6.07, 6.45) is 10.3. The Kier molecular flexibility index (Phi) is 13.7. The number of primary amides is 1. The molecule has 41 heavy (non-hydrogen) atoms. The number of carbonyl (C=O) groups excluding carboxylic acids is 2. The molecule has 2 aromatic rings. The molecule has 1 amide bonds. The largest absolute Gasteiger partial charge is 0.484 e. The second-order valence-electron chi connectivity index (χ2n) is 10.9. The highest BCUT2D eigenvalue weighted by Crippen LogP contribution is 2.42. The van der Waals surface area contributed by atoms with E-state index in [4.69, 9.17) is 20.2 Å². The number of nitrogens with one attached hydrogen (secondary N) is 1. The molecular formula is C34H50N4O3. The van der Waals surface area contributed by atoms with Crippen LogP contribution in [-0.4, -0.2) is 36.5 Å². The Hall–Kier alpha value is -3.48. The van der Waals surface area contributed by atoms with Gasteiger partial charge in [0.2, 0.25) is 5.91 Å². The summed E-state index contributed by atoms with van der Waals surface area (Å²) >= 11 is 0. The Labute approximate surface area is 247 Å². The van der Waals surface area contributed by atoms with Crippen LogP contribution in [0, 0.1) is 13.8 Å². The van der Waals surface area contributed by atoms with E-state index in [1.165, 1.54) is 53.3 Å². The normalized spacial score (nSPS) is 15.4. The molecular weight excluding hydrogens is 512 g/mol. The molecule has 4 rings (SSSR count). The first kappa shape index (κ1) is 33.7. The molecule has 2 aliphatic rings. The number of aliphatic imine (C=N–C) groups is 1. The van der Waals surface area contributed by atoms with Crippen molar-refractivity contribution in [2.45, 2.75) is 112 Å². The molecule has 1 aliphatic heterocycles. The number of aryl methyl sites for hydroxylation is 4. The Morgan fingerprint density at radius 1 is 1.15 bits per heavy atom. The fourth-order valence-electron chi connectivity index (χ4n) is 4.88. The number of pyridine rings is 1. The predicted octanol–water partition coefficient (Wildman–Crippen LogP) is 6.96. The van der Waals surface area contributed by atoms with Gasteiger partial charge in [-0.2, -0.15) is 0 Å². The van der Waals surface area contributed by atoms with E-state index in [1.54, 1.807) is 0 Å². The summed E-state index contributed by atoms with van der Waals surface area (Å²) in [5.41, 5.74) is 16.2. The fraction of sp³-hybridized carbons (Fsp3) is 0.529. The Morgan fingerprint density at radius 3 is 2.34 bits per heavy atom. The molecule has 7 nitrogen and oxygen atoms in total. The Morgan fingerprint density at radius 2 is 1.80 bits per heavy atom. The van der Waals surface area contributed by atoms with Crippen LogP contribution in [0.25, 0.3) is 0 Å². The average molecular weight is 563 g/mol. The van der Waals surface area contributed by atoms with Gasteiger partial charge in [0.1, 0.15) is 18.1 Å². The van der Waals surface area contributed by atoms with Gasteiger partial charge in [0.15, 0.2) is 0 Å². The number of nitrogens with two attached hydrogens (primary N) is 1. The van der Waals surface area contributed by atoms with Crippen molar-refractivity contribution < 1.29 is 14.3 Å². The van der Waals surface area contributed by atoms with Crippen molar-refractivity contribution in [3.8, 4) is 5.75 Å². The number of hydrogen-bond donors (Lipinski definition) is 2. The molecule has 0 spiro atoms. The zero-order valence-corrected chi connectivity index (χ0v) is 26.4. The van der Waals surface area contributed by atoms with Crippen molar-refractivity contribution in [2.24, 2.45) is 10.7 Å². The topological polar surface area (TPSA) is 107 Å². The number of hydrogen-bond acceptors (Lipinski definition) is 6. The first-order chi connectivity index (χ1) is 19.6. The van der Waals surface area contributed by atoms with Crippen molar-refractivity contribution in [3.05, 3.63) is 63.1 Å². The molecule has 224 valence electrons. The summed E-state index contributed by atoms with van der Waals surface area (Å²) < 4.78 is 6.22. The second-order valence-corrected chi connectivity index (χ2v) is 10.9. The lowest BCUT2D eigenvalue weighted by Crippen LogP contribution is -2.25. The quantitative estimate of drug-likeness (QED) is 0.254. The summed E-state index contributed by atoms with van der Waals surface area (Å²) in [6.45, 7) is 14.2. The zero-order chi connectivity index (χ0) is 30.5. The monoisotopic (exact) mass is 562 g/mol. The highest BCUT2D eigenvalue weighted by molar-refractivity contribution is 5.74. The van der Waals surface area contributed by atoms with Crippen LogP contribution in [0.4, 0.5) is 5.69 Å². The van der Waals surface area contributed by atoms with Crippen molar-refractivity contribution >= 4 is 24.1 Å². The summed E-state index contributed by atoms with van der Waals surface area (Å²) in [5, 5.41) is 3.24. The molecule has 1 atom stereocenters. The Bertz CT molecular complexity index is 1240. The third-order valence-corrected chi connectivity index (χ3v) is 7.28. The van der Waals surface area contributed by atoms with Gasteiger partial charge in [0, 0.05) is 42.7 Å². The lowest BCUT2D eigenvalue weighted by Gasteiger charge is -2.28. The molecule has 3 N–H and O–H groups in total. The molecule has 1 saturated carbocycles. The number of anilines is 1. The van der Waals surface area contributed by atoms with E-state index in [-0.39, 0.29) is 12.0 Å². The molecule has 1 fully saturated rings. The molecule has 1 aromatic carbocycles. The Balaban J connectivity index is 0.000000263. The highest BCUT2D eigenvalue weighted by Gasteiger charge is 2.29. The first-order valence-corrected chi connectivity index (χ1v) is 14.9. The van der Waals surface area contributed by atoms with Crippen molar-refractivity contribution in [1.29, 1.82) is 0 Å². The van der Waals surface area contributed by atoms with Crippen LogP contribution in [-0.2, 0) is 28.9 Å². The van der Waals surface area contributed by atoms with Gasteiger partial charge in [-0.15, -0.1) is 0 Å². The fourth-order valence-corrected chi connectivity index (χ4v) is 4.88. The first-order valence-electron chi connectivity index (χ1n) is 14.9. The van der Waals surface area contributed by atoms with Crippen molar-refractivity contribution in [2.75, 3.05) is 12.4 Å². The zero-order valence-electron chi connectivity index (χ0n) is 26.4. The van der Waals surface area contributed by atoms with Gasteiger partial charge in [-0.05, 0) is 114 Å². The van der Waals surface area contributed by atoms with E-state index in [2.05, 4.69) is 64.0 Å². The van der Waals surface area contributed by atoms with Gasteiger partial charge < -0.3 is 20.6 Å². The standard InChI is InChI=1S/C18H25NO.C14H21N3O.C2H4O/c1-6-9-19-18(12(2)3)16-8-7-15-10-13(4)14(5)11-17(15)20-16;1-3-11-12(16-2)8-10(6-7-13(15)18)17-14(11)9-4-5-9;1-2-3/h9-11,16H,6-8H2,1-5H3;8-9H,3-7H2,1-2H3,(H2,15,18)(H,16,17);2H,1H3. The number of aromatic nitrogens is 1. The van der Waals surface area contributed by atoms with Crippen molar-refractivity contribution in [3.63, 3.8) is 0 Å². The minimum absolute atomic E-state index is 0.0948. The van der Waals surface area contributed by atoms with Gasteiger partial charge >= 0.3 is 0 Å². The average Bonchev–Trinajstić information content (AvgIpc) is 3.78. The maximum Gasteiger partial charge on any atom is 0.217 e. The molecule has 2 heterocycles. The van der Waals surface area contributed by atoms with E-state index >= 15 is 0 Å². The number of fused-ring (bicyclic) bond motifs is 1. The number of carbonyl (C=O) groups is 2. The van der Waals surface area contributed by atoms with Crippen LogP contribution in [0.1, 0.15) is 106 Å². The van der Waals surface area contributed by atoms with Gasteiger partial charge in [-0.3, -0.25) is 14.8 Å². The molecule has 0 bridgehead atoms.